The summed E-state index contributed by atoms with van der Waals surface area (Å²) in [7, 11) is 0. The lowest BCUT2D eigenvalue weighted by atomic mass is 10.5. The van der Waals surface area contributed by atoms with Gasteiger partial charge in [0, 0.05) is 11.9 Å². The van der Waals surface area contributed by atoms with E-state index in [1.54, 1.807) is 5.41 Å². The third-order valence-corrected chi connectivity index (χ3v) is 1.04. The van der Waals surface area contributed by atoms with Crippen LogP contribution in [-0.4, -0.2) is 6.21 Å². The largest absolute Gasteiger partial charge is 0.265 e. The van der Waals surface area contributed by atoms with Crippen molar-refractivity contribution < 1.29 is 0 Å². The van der Waals surface area contributed by atoms with E-state index in [9.17, 15) is 0 Å². The van der Waals surface area contributed by atoms with E-state index in [4.69, 9.17) is 0 Å². The highest BCUT2D eigenvalue weighted by Gasteiger charge is 1.73. The number of allylic oxidation sites excluding steroid dienone is 1. The van der Waals surface area contributed by atoms with Crippen molar-refractivity contribution in [2.75, 3.05) is 0 Å². The molecule has 0 aliphatic rings. The Labute approximate surface area is 55.9 Å². The number of hydrogen-bond donors (Lipinski definition) is 1. The normalized spacial score (nSPS) is 13.1. The first kappa shape index (κ1) is 7.76. The van der Waals surface area contributed by atoms with Gasteiger partial charge in [-0.15, -0.1) is 12.6 Å². The molecule has 46 valence electrons. The SMILES string of the molecule is CCC=N/C(C)=C\S. The van der Waals surface area contributed by atoms with Crippen LogP contribution in [-0.2, 0) is 0 Å². The van der Waals surface area contributed by atoms with Gasteiger partial charge in [0.2, 0.25) is 0 Å². The van der Waals surface area contributed by atoms with Crippen molar-refractivity contribution in [3.63, 3.8) is 0 Å². The number of hydrogen-bond acceptors (Lipinski definition) is 2. The van der Waals surface area contributed by atoms with Crippen LogP contribution in [0.5, 0.6) is 0 Å². The Balaban J connectivity index is 3.53. The van der Waals surface area contributed by atoms with E-state index in [0.717, 1.165) is 12.1 Å². The van der Waals surface area contributed by atoms with Gasteiger partial charge < -0.3 is 0 Å². The Morgan fingerprint density at radius 2 is 2.38 bits per heavy atom. The van der Waals surface area contributed by atoms with E-state index in [2.05, 4.69) is 24.5 Å². The van der Waals surface area contributed by atoms with Crippen LogP contribution in [0.1, 0.15) is 20.3 Å². The molecule has 0 aliphatic carbocycles. The fourth-order valence-electron chi connectivity index (χ4n) is 0.269. The van der Waals surface area contributed by atoms with Crippen LogP contribution in [0.3, 0.4) is 0 Å². The Bertz CT molecular complexity index is 105. The first-order chi connectivity index (χ1) is 3.81. The van der Waals surface area contributed by atoms with Gasteiger partial charge in [0.05, 0.1) is 0 Å². The third-order valence-electron chi connectivity index (χ3n) is 0.664. The number of aliphatic imine (C=N–C) groups is 1. The molecule has 0 aromatic rings. The van der Waals surface area contributed by atoms with E-state index in [0.29, 0.717) is 0 Å². The summed E-state index contributed by atoms with van der Waals surface area (Å²) >= 11 is 3.91. The second kappa shape index (κ2) is 4.91. The summed E-state index contributed by atoms with van der Waals surface area (Å²) in [4.78, 5) is 4.02. The first-order valence-corrected chi connectivity index (χ1v) is 3.16. The fraction of sp³-hybridized carbons (Fsp3) is 0.500. The van der Waals surface area contributed by atoms with Crippen molar-refractivity contribution in [3.05, 3.63) is 11.1 Å². The lowest BCUT2D eigenvalue weighted by molar-refractivity contribution is 1.26. The number of nitrogens with zero attached hydrogens (tertiary/aromatic N) is 1. The smallest absolute Gasteiger partial charge is 0.0428 e. The van der Waals surface area contributed by atoms with E-state index in [-0.39, 0.29) is 0 Å². The van der Waals surface area contributed by atoms with Gasteiger partial charge in [-0.25, -0.2) is 0 Å². The predicted octanol–water partition coefficient (Wildman–Crippen LogP) is 2.26. The maximum Gasteiger partial charge on any atom is 0.0428 e. The van der Waals surface area contributed by atoms with Gasteiger partial charge in [-0.3, -0.25) is 4.99 Å². The van der Waals surface area contributed by atoms with Gasteiger partial charge in [-0.05, 0) is 18.8 Å². The summed E-state index contributed by atoms with van der Waals surface area (Å²) in [5.74, 6) is 0. The van der Waals surface area contributed by atoms with Gasteiger partial charge in [0.1, 0.15) is 0 Å². The molecule has 0 aliphatic heterocycles. The Morgan fingerprint density at radius 1 is 1.75 bits per heavy atom. The second-order valence-electron chi connectivity index (χ2n) is 1.49. The molecule has 0 rings (SSSR count). The summed E-state index contributed by atoms with van der Waals surface area (Å²) in [5.41, 5.74) is 0.954. The third kappa shape index (κ3) is 3.93. The zero-order valence-corrected chi connectivity index (χ0v) is 6.15. The number of thiol groups is 1. The summed E-state index contributed by atoms with van der Waals surface area (Å²) in [5, 5.41) is 1.69. The van der Waals surface area contributed by atoms with Gasteiger partial charge >= 0.3 is 0 Å². The molecule has 8 heavy (non-hydrogen) atoms. The van der Waals surface area contributed by atoms with Crippen molar-refractivity contribution in [2.45, 2.75) is 20.3 Å². The molecule has 0 heterocycles. The van der Waals surface area contributed by atoms with Crippen LogP contribution in [0.4, 0.5) is 0 Å². The van der Waals surface area contributed by atoms with E-state index < -0.39 is 0 Å². The van der Waals surface area contributed by atoms with Crippen LogP contribution in [0.25, 0.3) is 0 Å². The molecule has 0 spiro atoms. The van der Waals surface area contributed by atoms with Crippen molar-refractivity contribution in [1.29, 1.82) is 0 Å². The second-order valence-corrected chi connectivity index (χ2v) is 1.75. The first-order valence-electron chi connectivity index (χ1n) is 2.64. The zero-order chi connectivity index (χ0) is 6.41. The molecule has 0 fully saturated rings. The van der Waals surface area contributed by atoms with Crippen molar-refractivity contribution in [3.8, 4) is 0 Å². The van der Waals surface area contributed by atoms with Gasteiger partial charge in [-0.1, -0.05) is 6.92 Å². The van der Waals surface area contributed by atoms with Crippen LogP contribution in [0.2, 0.25) is 0 Å². The summed E-state index contributed by atoms with van der Waals surface area (Å²) in [6.45, 7) is 3.97. The summed E-state index contributed by atoms with van der Waals surface area (Å²) in [6.07, 6.45) is 2.85. The molecule has 0 unspecified atom stereocenters. The summed E-state index contributed by atoms with van der Waals surface area (Å²) < 4.78 is 0. The lowest BCUT2D eigenvalue weighted by Gasteiger charge is -1.83. The van der Waals surface area contributed by atoms with E-state index >= 15 is 0 Å². The van der Waals surface area contributed by atoms with Crippen LogP contribution >= 0.6 is 12.6 Å². The monoisotopic (exact) mass is 129 g/mol. The average Bonchev–Trinajstić information content (AvgIpc) is 1.83. The molecular weight excluding hydrogens is 118 g/mol. The van der Waals surface area contributed by atoms with Crippen LogP contribution in [0.15, 0.2) is 16.1 Å². The number of rotatable bonds is 2. The Kier molecular flexibility index (Phi) is 4.76. The molecule has 0 aromatic heterocycles. The molecule has 0 saturated heterocycles. The van der Waals surface area contributed by atoms with Crippen molar-refractivity contribution in [1.82, 2.24) is 0 Å². The fourth-order valence-corrected chi connectivity index (χ4v) is 0.335. The molecular formula is C6H11NS. The van der Waals surface area contributed by atoms with Crippen LogP contribution in [0, 0.1) is 0 Å². The topological polar surface area (TPSA) is 12.4 Å². The minimum atomic E-state index is 0.954. The quantitative estimate of drug-likeness (QED) is 0.434. The Hall–Kier alpha value is -0.240. The average molecular weight is 129 g/mol. The molecule has 0 N–H and O–H groups in total. The zero-order valence-electron chi connectivity index (χ0n) is 5.26. The maximum absolute atomic E-state index is 4.02. The van der Waals surface area contributed by atoms with Crippen molar-refractivity contribution in [2.24, 2.45) is 4.99 Å². The lowest BCUT2D eigenvalue weighted by Crippen LogP contribution is -1.68. The molecule has 0 bridgehead atoms. The highest BCUT2D eigenvalue weighted by Crippen LogP contribution is 1.94. The highest BCUT2D eigenvalue weighted by atomic mass is 32.1. The van der Waals surface area contributed by atoms with Crippen LogP contribution < -0.4 is 0 Å². The van der Waals surface area contributed by atoms with Gasteiger partial charge in [0.15, 0.2) is 0 Å². The molecule has 0 aromatic carbocycles. The van der Waals surface area contributed by atoms with Gasteiger partial charge in [-0.2, -0.15) is 0 Å². The minimum absolute atomic E-state index is 0.954. The predicted molar refractivity (Wildman–Crippen MR) is 41.5 cm³/mol. The molecule has 0 atom stereocenters. The molecule has 0 saturated carbocycles. The maximum atomic E-state index is 4.02. The molecule has 2 heteroatoms. The van der Waals surface area contributed by atoms with Crippen molar-refractivity contribution >= 4 is 18.8 Å². The summed E-state index contributed by atoms with van der Waals surface area (Å²) in [6, 6.07) is 0. The highest BCUT2D eigenvalue weighted by molar-refractivity contribution is 7.83. The molecule has 1 nitrogen and oxygen atoms in total. The van der Waals surface area contributed by atoms with Gasteiger partial charge in [0.25, 0.3) is 0 Å². The van der Waals surface area contributed by atoms with E-state index in [1.807, 2.05) is 13.1 Å². The van der Waals surface area contributed by atoms with E-state index in [1.165, 1.54) is 0 Å². The Morgan fingerprint density at radius 3 is 2.75 bits per heavy atom. The molecule has 0 radical (unpaired) electrons. The standard InChI is InChI=1S/C6H11NS/c1-3-4-7-6(2)5-8/h4-5,8H,3H2,1-2H3/b6-5-,7-4?. The minimum Gasteiger partial charge on any atom is -0.265 e. The molecule has 0 amide bonds.